The molecule has 2 aliphatic rings. The summed E-state index contributed by atoms with van der Waals surface area (Å²) in [4.78, 5) is 25.2. The Morgan fingerprint density at radius 1 is 0.970 bits per heavy atom. The maximum Gasteiger partial charge on any atom is 0.377 e. The lowest BCUT2D eigenvalue weighted by Crippen LogP contribution is -2.32. The second kappa shape index (κ2) is 9.16. The molecular weight excluding hydrogens is 420 g/mol. The molecule has 2 heterocycles. The third-order valence-electron chi connectivity index (χ3n) is 5.61. The van der Waals surface area contributed by atoms with Crippen LogP contribution in [0.5, 0.6) is 0 Å². The van der Waals surface area contributed by atoms with E-state index in [1.807, 2.05) is 48.5 Å². The summed E-state index contributed by atoms with van der Waals surface area (Å²) in [5.41, 5.74) is 2.73. The molecule has 166 valence electrons. The fraction of sp³-hybridized carbons (Fsp3) is 0.192. The first-order valence-corrected chi connectivity index (χ1v) is 10.7. The lowest BCUT2D eigenvalue weighted by molar-refractivity contribution is -0.153. The van der Waals surface area contributed by atoms with Gasteiger partial charge >= 0.3 is 5.97 Å². The minimum atomic E-state index is -0.739. The molecule has 0 aliphatic carbocycles. The van der Waals surface area contributed by atoms with Crippen LogP contribution in [0.3, 0.4) is 0 Å². The fourth-order valence-corrected chi connectivity index (χ4v) is 3.96. The number of carbonyl (C=O) groups is 2. The summed E-state index contributed by atoms with van der Waals surface area (Å²) in [7, 11) is 0. The van der Waals surface area contributed by atoms with Crippen LogP contribution in [-0.4, -0.2) is 42.4 Å². The third-order valence-corrected chi connectivity index (χ3v) is 5.61. The highest BCUT2D eigenvalue weighted by Gasteiger charge is 2.34. The lowest BCUT2D eigenvalue weighted by Gasteiger charge is -2.22. The van der Waals surface area contributed by atoms with Crippen LogP contribution in [0.4, 0.5) is 0 Å². The van der Waals surface area contributed by atoms with Crippen molar-refractivity contribution in [2.45, 2.75) is 12.5 Å². The van der Waals surface area contributed by atoms with Crippen molar-refractivity contribution in [2.75, 3.05) is 19.8 Å². The number of ether oxygens (including phenoxy) is 3. The van der Waals surface area contributed by atoms with E-state index in [0.717, 1.165) is 27.6 Å². The third kappa shape index (κ3) is 4.43. The van der Waals surface area contributed by atoms with E-state index in [-0.39, 0.29) is 18.4 Å². The Morgan fingerprint density at radius 2 is 1.76 bits per heavy atom. The molecule has 7 nitrogen and oxygen atoms in total. The quantitative estimate of drug-likeness (QED) is 0.559. The molecule has 3 aromatic carbocycles. The molecule has 0 bridgehead atoms. The normalized spacial score (nSPS) is 17.6. The first kappa shape index (κ1) is 20.8. The van der Waals surface area contributed by atoms with Crippen LogP contribution in [0.2, 0.25) is 0 Å². The van der Waals surface area contributed by atoms with Crippen LogP contribution in [-0.2, 0) is 23.8 Å². The zero-order valence-corrected chi connectivity index (χ0v) is 17.8. The van der Waals surface area contributed by atoms with Gasteiger partial charge in [0.05, 0.1) is 11.8 Å². The predicted molar refractivity (Wildman–Crippen MR) is 122 cm³/mol. The van der Waals surface area contributed by atoms with Gasteiger partial charge in [0.25, 0.3) is 5.91 Å². The summed E-state index contributed by atoms with van der Waals surface area (Å²) >= 11 is 0. The Labute approximate surface area is 190 Å². The molecule has 0 spiro atoms. The highest BCUT2D eigenvalue weighted by atomic mass is 16.6. The van der Waals surface area contributed by atoms with Gasteiger partial charge in [-0.3, -0.25) is 4.79 Å². The van der Waals surface area contributed by atoms with Crippen LogP contribution >= 0.6 is 0 Å². The molecule has 0 saturated carbocycles. The lowest BCUT2D eigenvalue weighted by atomic mass is 9.97. The number of hydrogen-bond acceptors (Lipinski definition) is 6. The number of rotatable bonds is 5. The molecule has 1 atom stereocenters. The molecule has 0 N–H and O–H groups in total. The molecule has 0 radical (unpaired) electrons. The summed E-state index contributed by atoms with van der Waals surface area (Å²) in [5, 5.41) is 8.32. The maximum absolute atomic E-state index is 13.1. The largest absolute Gasteiger partial charge is 0.493 e. The first-order valence-electron chi connectivity index (χ1n) is 10.7. The van der Waals surface area contributed by atoms with E-state index in [4.69, 9.17) is 14.2 Å². The molecular formula is C26H22N2O5. The Morgan fingerprint density at radius 3 is 2.55 bits per heavy atom. The monoisotopic (exact) mass is 442 g/mol. The maximum atomic E-state index is 13.1. The van der Waals surface area contributed by atoms with Gasteiger partial charge < -0.3 is 14.2 Å². The van der Waals surface area contributed by atoms with E-state index in [0.29, 0.717) is 13.0 Å². The minimum absolute atomic E-state index is 0.0459. The van der Waals surface area contributed by atoms with Crippen LogP contribution < -0.4 is 0 Å². The van der Waals surface area contributed by atoms with E-state index in [1.54, 1.807) is 0 Å². The standard InChI is InChI=1S/C26H22N2O5/c29-25(17-33-26(30)24-16-31-12-13-32-24)28-23(19-7-2-1-3-8-19)15-22(27-28)21-11-10-18-6-4-5-9-20(18)14-21/h1-11,14,16,23H,12-13,15,17H2/t23-/m0/s1. The van der Waals surface area contributed by atoms with Crippen LogP contribution in [0.1, 0.15) is 23.6 Å². The van der Waals surface area contributed by atoms with Crippen molar-refractivity contribution in [1.29, 1.82) is 0 Å². The molecule has 3 aromatic rings. The Balaban J connectivity index is 1.38. The van der Waals surface area contributed by atoms with Crippen molar-refractivity contribution in [2.24, 2.45) is 5.10 Å². The van der Waals surface area contributed by atoms with E-state index in [1.165, 1.54) is 11.3 Å². The number of hydrazone groups is 1. The van der Waals surface area contributed by atoms with Gasteiger partial charge in [0.2, 0.25) is 5.76 Å². The van der Waals surface area contributed by atoms with Crippen molar-refractivity contribution < 1.29 is 23.8 Å². The van der Waals surface area contributed by atoms with E-state index in [2.05, 4.69) is 29.4 Å². The average Bonchev–Trinajstić information content (AvgIpc) is 3.33. The number of benzene rings is 3. The van der Waals surface area contributed by atoms with Gasteiger partial charge in [0.1, 0.15) is 19.5 Å². The van der Waals surface area contributed by atoms with E-state index >= 15 is 0 Å². The van der Waals surface area contributed by atoms with Gasteiger partial charge in [-0.05, 0) is 28.0 Å². The molecule has 0 saturated heterocycles. The molecule has 0 unspecified atom stereocenters. The SMILES string of the molecule is O=C(OCC(=O)N1N=C(c2ccc3ccccc3c2)C[C@H]1c1ccccc1)C1=COCCO1. The van der Waals surface area contributed by atoms with Gasteiger partial charge in [-0.2, -0.15) is 5.10 Å². The molecule has 0 aromatic heterocycles. The predicted octanol–water partition coefficient (Wildman–Crippen LogP) is 3.95. The van der Waals surface area contributed by atoms with Crippen LogP contribution in [0.15, 0.2) is 89.9 Å². The number of amides is 1. The second-order valence-electron chi connectivity index (χ2n) is 7.76. The summed E-state index contributed by atoms with van der Waals surface area (Å²) in [5.74, 6) is -1.20. The van der Waals surface area contributed by atoms with Crippen molar-refractivity contribution in [1.82, 2.24) is 5.01 Å². The second-order valence-corrected chi connectivity index (χ2v) is 7.76. The molecule has 33 heavy (non-hydrogen) atoms. The van der Waals surface area contributed by atoms with Crippen LogP contribution in [0.25, 0.3) is 10.8 Å². The zero-order valence-electron chi connectivity index (χ0n) is 17.8. The molecule has 0 fully saturated rings. The van der Waals surface area contributed by atoms with Crippen molar-refractivity contribution in [3.05, 3.63) is 95.9 Å². The highest BCUT2D eigenvalue weighted by Crippen LogP contribution is 2.33. The molecule has 1 amide bonds. The van der Waals surface area contributed by atoms with Gasteiger partial charge in [-0.25, -0.2) is 9.80 Å². The zero-order chi connectivity index (χ0) is 22.6. The number of fused-ring (bicyclic) bond motifs is 1. The van der Waals surface area contributed by atoms with Crippen molar-refractivity contribution in [3.8, 4) is 0 Å². The Hall–Kier alpha value is -4.13. The van der Waals surface area contributed by atoms with E-state index < -0.39 is 18.5 Å². The number of carbonyl (C=O) groups excluding carboxylic acids is 2. The van der Waals surface area contributed by atoms with Gasteiger partial charge in [0.15, 0.2) is 6.61 Å². The summed E-state index contributed by atoms with van der Waals surface area (Å²) in [6.45, 7) is 0.183. The van der Waals surface area contributed by atoms with Gasteiger partial charge in [-0.1, -0.05) is 66.7 Å². The molecule has 7 heteroatoms. The van der Waals surface area contributed by atoms with Crippen molar-refractivity contribution >= 4 is 28.4 Å². The van der Waals surface area contributed by atoms with Crippen molar-refractivity contribution in [3.63, 3.8) is 0 Å². The Kier molecular flexibility index (Phi) is 5.76. The minimum Gasteiger partial charge on any atom is -0.493 e. The van der Waals surface area contributed by atoms with E-state index in [9.17, 15) is 9.59 Å². The smallest absolute Gasteiger partial charge is 0.377 e. The fourth-order valence-electron chi connectivity index (χ4n) is 3.96. The van der Waals surface area contributed by atoms with Gasteiger partial charge in [0, 0.05) is 6.42 Å². The summed E-state index contributed by atoms with van der Waals surface area (Å²) in [6, 6.07) is 23.7. The first-order chi connectivity index (χ1) is 16.2. The number of nitrogens with zero attached hydrogens (tertiary/aromatic N) is 2. The average molecular weight is 442 g/mol. The highest BCUT2D eigenvalue weighted by molar-refractivity contribution is 6.05. The summed E-state index contributed by atoms with van der Waals surface area (Å²) < 4.78 is 15.4. The summed E-state index contributed by atoms with van der Waals surface area (Å²) in [6.07, 6.45) is 1.76. The molecule has 2 aliphatic heterocycles. The Bertz CT molecular complexity index is 1250. The topological polar surface area (TPSA) is 77.4 Å². The number of esters is 1. The van der Waals surface area contributed by atoms with Gasteiger partial charge in [-0.15, -0.1) is 0 Å². The van der Waals surface area contributed by atoms with Crippen LogP contribution in [0, 0.1) is 0 Å². The molecule has 5 rings (SSSR count). The number of hydrogen-bond donors (Lipinski definition) is 0.